The van der Waals surface area contributed by atoms with Crippen molar-refractivity contribution in [1.82, 2.24) is 0 Å². The Hall–Kier alpha value is -0.120. The van der Waals surface area contributed by atoms with Crippen LogP contribution in [-0.2, 0) is 4.74 Å². The van der Waals surface area contributed by atoms with Crippen LogP contribution < -0.4 is 0 Å². The smallest absolute Gasteiger partial charge is 0.109 e. The second-order valence-corrected chi connectivity index (χ2v) is 10.1. The maximum Gasteiger partial charge on any atom is 0.109 e. The highest BCUT2D eigenvalue weighted by Gasteiger charge is 2.58. The third-order valence-electron chi connectivity index (χ3n) is 7.73. The Morgan fingerprint density at radius 3 is 2.39 bits per heavy atom. The summed E-state index contributed by atoms with van der Waals surface area (Å²) in [6, 6.07) is 0. The highest BCUT2D eigenvalue weighted by molar-refractivity contribution is 5.08. The van der Waals surface area contributed by atoms with E-state index in [1.54, 1.807) is 0 Å². The van der Waals surface area contributed by atoms with E-state index in [0.29, 0.717) is 17.9 Å². The van der Waals surface area contributed by atoms with Crippen molar-refractivity contribution in [2.24, 2.45) is 22.7 Å². The topological polar surface area (TPSA) is 53.0 Å². The molecule has 2 saturated carbocycles. The molecule has 1 saturated heterocycles. The van der Waals surface area contributed by atoms with Crippen molar-refractivity contribution in [3.63, 3.8) is 0 Å². The molecule has 0 bridgehead atoms. The summed E-state index contributed by atoms with van der Waals surface area (Å²) in [6.45, 7) is 11.9. The van der Waals surface area contributed by atoms with Gasteiger partial charge in [0.15, 0.2) is 0 Å². The zero-order valence-electron chi connectivity index (χ0n) is 15.7. The Morgan fingerprint density at radius 1 is 1.13 bits per heavy atom. The van der Waals surface area contributed by atoms with Gasteiger partial charge in [-0.3, -0.25) is 0 Å². The fraction of sp³-hybridized carbons (Fsp3) is 1.00. The van der Waals surface area contributed by atoms with Gasteiger partial charge in [-0.25, -0.2) is 0 Å². The van der Waals surface area contributed by atoms with Crippen molar-refractivity contribution >= 4 is 0 Å². The predicted molar refractivity (Wildman–Crippen MR) is 92.2 cm³/mol. The van der Waals surface area contributed by atoms with E-state index in [1.807, 2.05) is 13.8 Å². The van der Waals surface area contributed by atoms with E-state index < -0.39 is 11.2 Å². The summed E-state index contributed by atoms with van der Waals surface area (Å²) >= 11 is 0. The van der Waals surface area contributed by atoms with E-state index in [9.17, 15) is 10.2 Å². The molecule has 1 heterocycles. The Kier molecular flexibility index (Phi) is 4.18. The Balaban J connectivity index is 1.81. The molecule has 0 radical (unpaired) electrons. The normalized spacial score (nSPS) is 48.4. The van der Waals surface area contributed by atoms with Crippen molar-refractivity contribution in [2.75, 3.05) is 6.61 Å². The number of fused-ring (bicyclic) bond motifs is 1. The van der Waals surface area contributed by atoms with E-state index in [1.165, 1.54) is 19.3 Å². The Morgan fingerprint density at radius 2 is 1.78 bits per heavy atom. The van der Waals surface area contributed by atoms with Crippen LogP contribution in [-0.4, -0.2) is 34.1 Å². The van der Waals surface area contributed by atoms with Crippen LogP contribution in [0.4, 0.5) is 0 Å². The first-order valence-electron chi connectivity index (χ1n) is 9.55. The van der Waals surface area contributed by atoms with Gasteiger partial charge in [0.25, 0.3) is 0 Å². The minimum atomic E-state index is -0.746. The van der Waals surface area contributed by atoms with Crippen LogP contribution in [0.15, 0.2) is 0 Å². The van der Waals surface area contributed by atoms with Crippen LogP contribution in [0.5, 0.6) is 0 Å². The monoisotopic (exact) mass is 324 g/mol. The molecule has 23 heavy (non-hydrogen) atoms. The van der Waals surface area contributed by atoms with Crippen molar-refractivity contribution in [3.05, 3.63) is 0 Å². The largest absolute Gasteiger partial charge is 0.390 e. The number of epoxide rings is 1. The molecule has 134 valence electrons. The lowest BCUT2D eigenvalue weighted by atomic mass is 9.45. The third kappa shape index (κ3) is 3.09. The average Bonchev–Trinajstić information content (AvgIpc) is 3.20. The van der Waals surface area contributed by atoms with Gasteiger partial charge < -0.3 is 14.9 Å². The van der Waals surface area contributed by atoms with Gasteiger partial charge in [-0.05, 0) is 75.0 Å². The summed E-state index contributed by atoms with van der Waals surface area (Å²) in [5.41, 5.74) is -0.809. The molecule has 1 aliphatic heterocycles. The number of hydrogen-bond donors (Lipinski definition) is 2. The summed E-state index contributed by atoms with van der Waals surface area (Å²) in [7, 11) is 0. The maximum absolute atomic E-state index is 11.1. The zero-order valence-corrected chi connectivity index (χ0v) is 15.7. The molecule has 2 N–H and O–H groups in total. The van der Waals surface area contributed by atoms with Gasteiger partial charge in [-0.1, -0.05) is 27.2 Å². The van der Waals surface area contributed by atoms with Crippen LogP contribution in [0.25, 0.3) is 0 Å². The van der Waals surface area contributed by atoms with E-state index >= 15 is 0 Å². The second-order valence-electron chi connectivity index (χ2n) is 10.1. The summed E-state index contributed by atoms with van der Waals surface area (Å²) in [5, 5.41) is 21.8. The first-order chi connectivity index (χ1) is 10.5. The first-order valence-corrected chi connectivity index (χ1v) is 9.55. The Bertz CT molecular complexity index is 450. The van der Waals surface area contributed by atoms with Crippen LogP contribution in [0, 0.1) is 22.7 Å². The Labute approximate surface area is 141 Å². The van der Waals surface area contributed by atoms with Crippen LogP contribution >= 0.6 is 0 Å². The van der Waals surface area contributed by atoms with Crippen molar-refractivity contribution < 1.29 is 14.9 Å². The summed E-state index contributed by atoms with van der Waals surface area (Å²) in [4.78, 5) is 0. The summed E-state index contributed by atoms with van der Waals surface area (Å²) < 4.78 is 5.32. The van der Waals surface area contributed by atoms with Crippen molar-refractivity contribution in [1.29, 1.82) is 0 Å². The molecule has 0 unspecified atom stereocenters. The molecule has 6 atom stereocenters. The fourth-order valence-corrected chi connectivity index (χ4v) is 6.27. The number of ether oxygens (including phenoxy) is 1. The van der Waals surface area contributed by atoms with Gasteiger partial charge in [0.05, 0.1) is 17.8 Å². The van der Waals surface area contributed by atoms with Gasteiger partial charge in [0.2, 0.25) is 0 Å². The van der Waals surface area contributed by atoms with Gasteiger partial charge in [-0.2, -0.15) is 0 Å². The predicted octanol–water partition coefficient (Wildman–Crippen LogP) is 3.91. The zero-order chi connectivity index (χ0) is 17.1. The molecular formula is C20H36O3. The minimum absolute atomic E-state index is 0.00226. The summed E-state index contributed by atoms with van der Waals surface area (Å²) in [6.07, 6.45) is 7.42. The molecule has 0 amide bonds. The minimum Gasteiger partial charge on any atom is -0.390 e. The van der Waals surface area contributed by atoms with Gasteiger partial charge in [0.1, 0.15) is 6.10 Å². The van der Waals surface area contributed by atoms with Gasteiger partial charge in [0, 0.05) is 0 Å². The molecule has 0 aromatic carbocycles. The molecule has 3 heteroatoms. The standard InChI is InChI=1S/C20H36O3/c1-17(2)9-6-10-18(3)14(17)7-11-19(4,21)15(18)8-12-20(5,22)16-13-23-16/h14-16,21-22H,6-13H2,1-5H3/t14-,15-,16+,18+,19-,20+/m1/s1. The molecule has 0 spiro atoms. The molecule has 0 aromatic heterocycles. The molecule has 0 aromatic rings. The van der Waals surface area contributed by atoms with Crippen LogP contribution in [0.2, 0.25) is 0 Å². The highest BCUT2D eigenvalue weighted by Crippen LogP contribution is 2.63. The van der Waals surface area contributed by atoms with Crippen LogP contribution in [0.3, 0.4) is 0 Å². The van der Waals surface area contributed by atoms with Gasteiger partial charge >= 0.3 is 0 Å². The van der Waals surface area contributed by atoms with Crippen molar-refractivity contribution in [2.45, 2.75) is 96.9 Å². The quantitative estimate of drug-likeness (QED) is 0.771. The first kappa shape index (κ1) is 17.7. The lowest BCUT2D eigenvalue weighted by molar-refractivity contribution is -0.173. The SMILES string of the molecule is CC1(C)CCC[C@@]2(C)[C@@H]1CC[C@@](C)(O)[C@@H]2CC[C@](C)(O)[C@@H]1CO1. The maximum atomic E-state index is 11.1. The molecule has 3 aliphatic rings. The molecule has 3 fully saturated rings. The van der Waals surface area contributed by atoms with Crippen LogP contribution in [0.1, 0.15) is 79.6 Å². The van der Waals surface area contributed by atoms with E-state index in [2.05, 4.69) is 20.8 Å². The fourth-order valence-electron chi connectivity index (χ4n) is 6.27. The molecule has 2 aliphatic carbocycles. The van der Waals surface area contributed by atoms with E-state index in [-0.39, 0.29) is 17.4 Å². The lowest BCUT2D eigenvalue weighted by Gasteiger charge is -2.61. The average molecular weight is 325 g/mol. The molecular weight excluding hydrogens is 288 g/mol. The lowest BCUT2D eigenvalue weighted by Crippen LogP contribution is -2.57. The third-order valence-corrected chi connectivity index (χ3v) is 7.73. The summed E-state index contributed by atoms with van der Waals surface area (Å²) in [5.74, 6) is 0.939. The number of hydrogen-bond acceptors (Lipinski definition) is 3. The number of rotatable bonds is 4. The van der Waals surface area contributed by atoms with E-state index in [4.69, 9.17) is 4.74 Å². The molecule has 3 nitrogen and oxygen atoms in total. The highest BCUT2D eigenvalue weighted by atomic mass is 16.6. The van der Waals surface area contributed by atoms with E-state index in [0.717, 1.165) is 25.7 Å². The number of aliphatic hydroxyl groups is 2. The van der Waals surface area contributed by atoms with Gasteiger partial charge in [-0.15, -0.1) is 0 Å². The van der Waals surface area contributed by atoms with Crippen molar-refractivity contribution in [3.8, 4) is 0 Å². The second kappa shape index (κ2) is 5.44. The molecule has 3 rings (SSSR count).